The van der Waals surface area contributed by atoms with Crippen LogP contribution in [-0.4, -0.2) is 0 Å². The summed E-state index contributed by atoms with van der Waals surface area (Å²) in [4.78, 5) is 2.45. The first-order chi connectivity index (χ1) is 34.1. The highest BCUT2D eigenvalue weighted by Crippen LogP contribution is 2.59. The predicted molar refractivity (Wildman–Crippen MR) is 289 cm³/mol. The third-order valence-electron chi connectivity index (χ3n) is 14.8. The van der Waals surface area contributed by atoms with E-state index in [-0.39, 0.29) is 0 Å². The standard InChI is InChI=1S/C67H49NO/c1-45-18-14-26-51(42-45)67(50-24-6-3-7-25-50)61-33-12-10-29-60(61)66-56(31-17-34-62(66)67)47-36-38-52(39-37-47)68(53-40-41-58-57-28-11-13-35-63(57)69-64(58)43-53)44-49-21-8-9-27-54(49)59-32-16-23-48-22-15-30-55(65(48)59)46-19-4-2-5-20-46/h2-17,19-43,45H,18,44H2,1H3. The van der Waals surface area contributed by atoms with Crippen LogP contribution in [0.4, 0.5) is 11.4 Å². The maximum Gasteiger partial charge on any atom is 0.137 e. The van der Waals surface area contributed by atoms with Crippen molar-refractivity contribution >= 4 is 44.1 Å². The van der Waals surface area contributed by atoms with Crippen LogP contribution in [0, 0.1) is 5.92 Å². The molecule has 2 aliphatic rings. The highest BCUT2D eigenvalue weighted by atomic mass is 16.3. The maximum atomic E-state index is 6.54. The van der Waals surface area contributed by atoms with Gasteiger partial charge in [-0.15, -0.1) is 0 Å². The second kappa shape index (κ2) is 16.7. The number of anilines is 2. The molecule has 1 aromatic heterocycles. The summed E-state index contributed by atoms with van der Waals surface area (Å²) in [6, 6.07) is 84.6. The summed E-state index contributed by atoms with van der Waals surface area (Å²) in [5, 5.41) is 4.73. The SMILES string of the molecule is CC1C=C(C2(c3ccccc3)c3ccccc3-c3c(-c4ccc(N(Cc5ccccc5-c5cccc6cccc(-c7ccccc7)c56)c5ccc6c(c5)oc5ccccc56)cc4)cccc32)C=CC1. The Bertz CT molecular complexity index is 3800. The van der Waals surface area contributed by atoms with E-state index in [4.69, 9.17) is 4.42 Å². The van der Waals surface area contributed by atoms with Crippen LogP contribution in [0.3, 0.4) is 0 Å². The van der Waals surface area contributed by atoms with Gasteiger partial charge in [-0.3, -0.25) is 0 Å². The van der Waals surface area contributed by atoms with Gasteiger partial charge in [-0.1, -0.05) is 219 Å². The van der Waals surface area contributed by atoms with Crippen molar-refractivity contribution in [2.45, 2.75) is 25.3 Å². The van der Waals surface area contributed by atoms with Gasteiger partial charge in [0.2, 0.25) is 0 Å². The Hall–Kier alpha value is -8.46. The van der Waals surface area contributed by atoms with Crippen LogP contribution in [-0.2, 0) is 12.0 Å². The zero-order chi connectivity index (χ0) is 45.9. The first-order valence-electron chi connectivity index (χ1n) is 24.3. The molecule has 0 amide bonds. The second-order valence-corrected chi connectivity index (χ2v) is 18.8. The van der Waals surface area contributed by atoms with Crippen LogP contribution in [0.2, 0.25) is 0 Å². The molecule has 13 rings (SSSR count). The monoisotopic (exact) mass is 883 g/mol. The van der Waals surface area contributed by atoms with Crippen LogP contribution in [0.25, 0.3) is 77.2 Å². The zero-order valence-electron chi connectivity index (χ0n) is 38.5. The lowest BCUT2D eigenvalue weighted by atomic mass is 9.65. The average molecular weight is 884 g/mol. The van der Waals surface area contributed by atoms with Crippen molar-refractivity contribution in [3.05, 3.63) is 277 Å². The number of nitrogens with zero attached hydrogens (tertiary/aromatic N) is 1. The molecule has 0 spiro atoms. The largest absolute Gasteiger partial charge is 0.456 e. The highest BCUT2D eigenvalue weighted by molar-refractivity contribution is 6.08. The molecule has 10 aromatic carbocycles. The van der Waals surface area contributed by atoms with Crippen molar-refractivity contribution < 1.29 is 4.42 Å². The van der Waals surface area contributed by atoms with Gasteiger partial charge in [0.15, 0.2) is 0 Å². The van der Waals surface area contributed by atoms with E-state index in [0.29, 0.717) is 12.5 Å². The van der Waals surface area contributed by atoms with Gasteiger partial charge in [0, 0.05) is 34.8 Å². The lowest BCUT2D eigenvalue weighted by Gasteiger charge is -2.36. The van der Waals surface area contributed by atoms with E-state index in [1.165, 1.54) is 83.1 Å². The summed E-state index contributed by atoms with van der Waals surface area (Å²) in [7, 11) is 0. The average Bonchev–Trinajstić information content (AvgIpc) is 3.94. The fraction of sp³-hybridized carbons (Fsp3) is 0.0746. The van der Waals surface area contributed by atoms with E-state index in [2.05, 4.69) is 255 Å². The molecule has 0 aliphatic heterocycles. The van der Waals surface area contributed by atoms with Crippen molar-refractivity contribution in [1.29, 1.82) is 0 Å². The van der Waals surface area contributed by atoms with E-state index in [1.807, 2.05) is 6.07 Å². The van der Waals surface area contributed by atoms with Crippen LogP contribution in [0.1, 0.15) is 35.6 Å². The van der Waals surface area contributed by atoms with Crippen LogP contribution < -0.4 is 4.90 Å². The number of rotatable bonds is 9. The Labute approximate surface area is 403 Å². The minimum Gasteiger partial charge on any atom is -0.456 e. The fourth-order valence-electron chi connectivity index (χ4n) is 11.7. The predicted octanol–water partition coefficient (Wildman–Crippen LogP) is 17.9. The van der Waals surface area contributed by atoms with Gasteiger partial charge < -0.3 is 9.32 Å². The number of benzene rings is 10. The number of allylic oxidation sites excluding steroid dienone is 4. The fourth-order valence-corrected chi connectivity index (χ4v) is 11.7. The van der Waals surface area contributed by atoms with Crippen LogP contribution in [0.5, 0.6) is 0 Å². The molecule has 0 saturated heterocycles. The molecule has 2 nitrogen and oxygen atoms in total. The van der Waals surface area contributed by atoms with E-state index in [9.17, 15) is 0 Å². The van der Waals surface area contributed by atoms with Gasteiger partial charge in [-0.25, -0.2) is 0 Å². The Morgan fingerprint density at radius 2 is 1.12 bits per heavy atom. The first kappa shape index (κ1) is 40.8. The molecule has 2 aliphatic carbocycles. The molecular formula is C67H49NO. The van der Waals surface area contributed by atoms with E-state index < -0.39 is 5.41 Å². The minimum absolute atomic E-state index is 0.431. The molecular weight excluding hydrogens is 835 g/mol. The molecule has 2 unspecified atom stereocenters. The van der Waals surface area contributed by atoms with Gasteiger partial charge in [0.05, 0.1) is 5.41 Å². The summed E-state index contributed by atoms with van der Waals surface area (Å²) in [5.41, 5.74) is 20.0. The van der Waals surface area contributed by atoms with E-state index in [1.54, 1.807) is 0 Å². The smallest absolute Gasteiger partial charge is 0.137 e. The normalized spacial score (nSPS) is 16.1. The quantitative estimate of drug-likeness (QED) is 0.144. The number of furan rings is 1. The molecule has 0 radical (unpaired) electrons. The summed E-state index contributed by atoms with van der Waals surface area (Å²) in [6.07, 6.45) is 8.33. The number of hydrogen-bond donors (Lipinski definition) is 0. The summed E-state index contributed by atoms with van der Waals surface area (Å²) in [5.74, 6) is 0.457. The lowest BCUT2D eigenvalue weighted by molar-refractivity contribution is 0.669. The first-order valence-corrected chi connectivity index (χ1v) is 24.3. The highest BCUT2D eigenvalue weighted by Gasteiger charge is 2.47. The van der Waals surface area contributed by atoms with Gasteiger partial charge in [-0.2, -0.15) is 0 Å². The van der Waals surface area contributed by atoms with Gasteiger partial charge in [0.1, 0.15) is 11.2 Å². The second-order valence-electron chi connectivity index (χ2n) is 18.8. The molecule has 69 heavy (non-hydrogen) atoms. The third kappa shape index (κ3) is 6.70. The topological polar surface area (TPSA) is 16.4 Å². The number of para-hydroxylation sites is 1. The Morgan fingerprint density at radius 1 is 0.493 bits per heavy atom. The zero-order valence-corrected chi connectivity index (χ0v) is 38.5. The lowest BCUT2D eigenvalue weighted by Crippen LogP contribution is -2.30. The van der Waals surface area contributed by atoms with Crippen molar-refractivity contribution in [2.24, 2.45) is 5.92 Å². The van der Waals surface area contributed by atoms with E-state index in [0.717, 1.165) is 39.7 Å². The molecule has 0 saturated carbocycles. The molecule has 1 heterocycles. The molecule has 0 fully saturated rings. The molecule has 2 heteroatoms. The molecule has 11 aromatic rings. The van der Waals surface area contributed by atoms with Crippen molar-refractivity contribution in [3.8, 4) is 44.5 Å². The van der Waals surface area contributed by atoms with E-state index >= 15 is 0 Å². The Morgan fingerprint density at radius 3 is 1.94 bits per heavy atom. The van der Waals surface area contributed by atoms with Gasteiger partial charge in [-0.05, 0) is 126 Å². The molecule has 328 valence electrons. The Balaban J connectivity index is 0.959. The van der Waals surface area contributed by atoms with Gasteiger partial charge >= 0.3 is 0 Å². The summed E-state index contributed by atoms with van der Waals surface area (Å²) >= 11 is 0. The molecule has 0 N–H and O–H groups in total. The van der Waals surface area contributed by atoms with Crippen molar-refractivity contribution in [1.82, 2.24) is 0 Å². The number of hydrogen-bond acceptors (Lipinski definition) is 2. The third-order valence-corrected chi connectivity index (χ3v) is 14.8. The maximum absolute atomic E-state index is 6.54. The van der Waals surface area contributed by atoms with Crippen LogP contribution >= 0.6 is 0 Å². The Kier molecular flexibility index (Phi) is 9.87. The number of fused-ring (bicyclic) bond motifs is 7. The molecule has 0 bridgehead atoms. The molecule has 2 atom stereocenters. The minimum atomic E-state index is -0.431. The van der Waals surface area contributed by atoms with Gasteiger partial charge in [0.25, 0.3) is 0 Å². The summed E-state index contributed by atoms with van der Waals surface area (Å²) in [6.45, 7) is 2.98. The van der Waals surface area contributed by atoms with Crippen LogP contribution in [0.15, 0.2) is 259 Å². The summed E-state index contributed by atoms with van der Waals surface area (Å²) < 4.78 is 6.54. The van der Waals surface area contributed by atoms with Crippen molar-refractivity contribution in [3.63, 3.8) is 0 Å². The van der Waals surface area contributed by atoms with Crippen molar-refractivity contribution in [2.75, 3.05) is 4.90 Å².